The van der Waals surface area contributed by atoms with E-state index in [2.05, 4.69) is 0 Å². The van der Waals surface area contributed by atoms with Crippen LogP contribution in [0.15, 0.2) is 45.7 Å². The second-order valence-corrected chi connectivity index (χ2v) is 8.29. The van der Waals surface area contributed by atoms with Crippen molar-refractivity contribution in [1.82, 2.24) is 4.90 Å². The predicted octanol–water partition coefficient (Wildman–Crippen LogP) is 4.48. The van der Waals surface area contributed by atoms with E-state index in [4.69, 9.17) is 21.7 Å². The zero-order valence-electron chi connectivity index (χ0n) is 16.0. The Hall–Kier alpha value is -3.12. The fourth-order valence-electron chi connectivity index (χ4n) is 2.94. The molecule has 168 valence electrons. The SMILES string of the molecule is O=C(O)CCC(C(=O)O)N1C(=O)/C(=C\c2ccc(-c3cccc(C(F)(F)F)c3)o2)SC1=S. The lowest BCUT2D eigenvalue weighted by molar-refractivity contribution is -0.146. The summed E-state index contributed by atoms with van der Waals surface area (Å²) in [6.45, 7) is 0. The monoisotopic (exact) mass is 485 g/mol. The number of benzene rings is 1. The second kappa shape index (κ2) is 9.17. The summed E-state index contributed by atoms with van der Waals surface area (Å²) < 4.78 is 44.3. The number of furan rings is 1. The van der Waals surface area contributed by atoms with Crippen molar-refractivity contribution in [2.24, 2.45) is 0 Å². The van der Waals surface area contributed by atoms with Crippen molar-refractivity contribution in [3.63, 3.8) is 0 Å². The summed E-state index contributed by atoms with van der Waals surface area (Å²) in [5.41, 5.74) is -0.651. The van der Waals surface area contributed by atoms with Gasteiger partial charge in [-0.05, 0) is 30.7 Å². The van der Waals surface area contributed by atoms with Gasteiger partial charge in [-0.25, -0.2) is 4.79 Å². The lowest BCUT2D eigenvalue weighted by atomic mass is 10.1. The summed E-state index contributed by atoms with van der Waals surface area (Å²) in [4.78, 5) is 35.9. The van der Waals surface area contributed by atoms with E-state index in [9.17, 15) is 32.7 Å². The number of thiocarbonyl (C=S) groups is 1. The molecule has 1 aromatic heterocycles. The van der Waals surface area contributed by atoms with Crippen LogP contribution in [-0.4, -0.2) is 43.3 Å². The number of halogens is 3. The van der Waals surface area contributed by atoms with Gasteiger partial charge >= 0.3 is 18.1 Å². The van der Waals surface area contributed by atoms with Crippen LogP contribution in [0, 0.1) is 0 Å². The molecule has 1 amide bonds. The van der Waals surface area contributed by atoms with Crippen LogP contribution in [0.4, 0.5) is 13.2 Å². The van der Waals surface area contributed by atoms with Crippen molar-refractivity contribution in [1.29, 1.82) is 0 Å². The molecule has 1 saturated heterocycles. The highest BCUT2D eigenvalue weighted by atomic mass is 32.2. The van der Waals surface area contributed by atoms with E-state index in [0.717, 1.165) is 28.8 Å². The fourth-order valence-corrected chi connectivity index (χ4v) is 4.27. The molecule has 0 spiro atoms. The third-order valence-electron chi connectivity index (χ3n) is 4.43. The maximum absolute atomic E-state index is 12.9. The summed E-state index contributed by atoms with van der Waals surface area (Å²) in [5.74, 6) is -3.04. The normalized spacial score (nSPS) is 16.6. The lowest BCUT2D eigenvalue weighted by Gasteiger charge is -2.22. The van der Waals surface area contributed by atoms with E-state index in [-0.39, 0.29) is 32.7 Å². The Labute approximate surface area is 188 Å². The molecule has 2 aromatic rings. The summed E-state index contributed by atoms with van der Waals surface area (Å²) in [6.07, 6.45) is -4.01. The van der Waals surface area contributed by atoms with Crippen molar-refractivity contribution in [2.45, 2.75) is 25.1 Å². The van der Waals surface area contributed by atoms with Crippen LogP contribution in [0.25, 0.3) is 17.4 Å². The first-order valence-electron chi connectivity index (χ1n) is 8.96. The van der Waals surface area contributed by atoms with Gasteiger partial charge < -0.3 is 14.6 Å². The number of alkyl halides is 3. The summed E-state index contributed by atoms with van der Waals surface area (Å²) >= 11 is 5.91. The highest BCUT2D eigenvalue weighted by molar-refractivity contribution is 8.26. The molecule has 2 heterocycles. The first-order valence-corrected chi connectivity index (χ1v) is 10.2. The van der Waals surface area contributed by atoms with Gasteiger partial charge in [0.1, 0.15) is 21.9 Å². The third kappa shape index (κ3) is 5.19. The molecule has 1 aromatic carbocycles. The Morgan fingerprint density at radius 2 is 1.94 bits per heavy atom. The van der Waals surface area contributed by atoms with E-state index >= 15 is 0 Å². The molecule has 1 unspecified atom stereocenters. The Balaban J connectivity index is 1.84. The van der Waals surface area contributed by atoms with Crippen molar-refractivity contribution in [3.8, 4) is 11.3 Å². The number of carbonyl (C=O) groups excluding carboxylic acids is 1. The average molecular weight is 485 g/mol. The first kappa shape index (κ1) is 23.5. The van der Waals surface area contributed by atoms with Crippen LogP contribution >= 0.6 is 24.0 Å². The Bertz CT molecular complexity index is 1120. The molecule has 0 saturated carbocycles. The van der Waals surface area contributed by atoms with Crippen LogP contribution in [-0.2, 0) is 20.6 Å². The van der Waals surface area contributed by atoms with Crippen molar-refractivity contribution in [2.75, 3.05) is 0 Å². The van der Waals surface area contributed by atoms with Crippen LogP contribution < -0.4 is 0 Å². The molecule has 0 aliphatic carbocycles. The number of nitrogens with zero attached hydrogens (tertiary/aromatic N) is 1. The van der Waals surface area contributed by atoms with Crippen molar-refractivity contribution in [3.05, 3.63) is 52.6 Å². The molecular formula is C20H14F3NO6S2. The van der Waals surface area contributed by atoms with Gasteiger partial charge in [0.25, 0.3) is 5.91 Å². The van der Waals surface area contributed by atoms with Gasteiger partial charge in [-0.2, -0.15) is 13.2 Å². The van der Waals surface area contributed by atoms with E-state index in [1.807, 2.05) is 0 Å². The first-order chi connectivity index (χ1) is 15.0. The Morgan fingerprint density at radius 3 is 2.56 bits per heavy atom. The summed E-state index contributed by atoms with van der Waals surface area (Å²) in [5, 5.41) is 18.2. The van der Waals surface area contributed by atoms with Gasteiger partial charge in [-0.3, -0.25) is 14.5 Å². The average Bonchev–Trinajstić information content (AvgIpc) is 3.27. The number of thioether (sulfide) groups is 1. The molecule has 0 bridgehead atoms. The molecule has 32 heavy (non-hydrogen) atoms. The van der Waals surface area contributed by atoms with Crippen LogP contribution in [0.1, 0.15) is 24.2 Å². The van der Waals surface area contributed by atoms with Gasteiger partial charge in [-0.1, -0.05) is 36.1 Å². The molecule has 2 N–H and O–H groups in total. The molecule has 1 aliphatic heterocycles. The predicted molar refractivity (Wildman–Crippen MR) is 112 cm³/mol. The molecule has 3 rings (SSSR count). The lowest BCUT2D eigenvalue weighted by Crippen LogP contribution is -2.44. The molecule has 12 heteroatoms. The zero-order chi connectivity index (χ0) is 23.6. The minimum Gasteiger partial charge on any atom is -0.481 e. The quantitative estimate of drug-likeness (QED) is 0.437. The minimum absolute atomic E-state index is 0.0431. The maximum Gasteiger partial charge on any atom is 0.416 e. The highest BCUT2D eigenvalue weighted by Crippen LogP contribution is 2.36. The number of aliphatic carboxylic acids is 2. The molecule has 7 nitrogen and oxygen atoms in total. The number of rotatable bonds is 7. The Kier molecular flexibility index (Phi) is 6.74. The zero-order valence-corrected chi connectivity index (χ0v) is 17.6. The van der Waals surface area contributed by atoms with Gasteiger partial charge in [0.05, 0.1) is 10.5 Å². The molecular weight excluding hydrogens is 471 g/mol. The van der Waals surface area contributed by atoms with Gasteiger partial charge in [0.2, 0.25) is 0 Å². The van der Waals surface area contributed by atoms with Crippen LogP contribution in [0.5, 0.6) is 0 Å². The van der Waals surface area contributed by atoms with Crippen LogP contribution in [0.3, 0.4) is 0 Å². The van der Waals surface area contributed by atoms with E-state index in [0.29, 0.717) is 0 Å². The van der Waals surface area contributed by atoms with Gasteiger partial charge in [0.15, 0.2) is 0 Å². The second-order valence-electron chi connectivity index (χ2n) is 6.62. The highest BCUT2D eigenvalue weighted by Gasteiger charge is 2.40. The van der Waals surface area contributed by atoms with Gasteiger partial charge in [-0.15, -0.1) is 0 Å². The van der Waals surface area contributed by atoms with E-state index in [1.165, 1.54) is 30.3 Å². The molecule has 1 aliphatic rings. The number of carbonyl (C=O) groups is 3. The number of hydrogen-bond donors (Lipinski definition) is 2. The minimum atomic E-state index is -4.51. The van der Waals surface area contributed by atoms with Crippen LogP contribution in [0.2, 0.25) is 0 Å². The smallest absolute Gasteiger partial charge is 0.416 e. The number of carboxylic acid groups (broad SMARTS) is 2. The van der Waals surface area contributed by atoms with E-state index in [1.54, 1.807) is 0 Å². The topological polar surface area (TPSA) is 108 Å². The maximum atomic E-state index is 12.9. The Morgan fingerprint density at radius 1 is 1.22 bits per heavy atom. The molecule has 1 fully saturated rings. The van der Waals surface area contributed by atoms with Gasteiger partial charge in [0, 0.05) is 18.1 Å². The molecule has 0 radical (unpaired) electrons. The van der Waals surface area contributed by atoms with Crippen molar-refractivity contribution < 1.29 is 42.2 Å². The number of hydrogen-bond acceptors (Lipinski definition) is 6. The fraction of sp³-hybridized carbons (Fsp3) is 0.200. The third-order valence-corrected chi connectivity index (χ3v) is 5.76. The standard InChI is InChI=1S/C20H14F3NO6S2/c21-20(22,23)11-3-1-2-10(8-11)14-6-4-12(30-14)9-15-17(27)24(19(31)32-15)13(18(28)29)5-7-16(25)26/h1-4,6,8-9,13H,5,7H2,(H,25,26)(H,28,29)/b15-9+. The number of amides is 1. The van der Waals surface area contributed by atoms with E-state index < -0.39 is 42.0 Å². The summed E-state index contributed by atoms with van der Waals surface area (Å²) in [7, 11) is 0. The molecule has 1 atom stereocenters. The largest absolute Gasteiger partial charge is 0.481 e. The summed E-state index contributed by atoms with van der Waals surface area (Å²) in [6, 6.07) is 5.99. The number of carboxylic acids is 2. The van der Waals surface area contributed by atoms with Crippen molar-refractivity contribution >= 4 is 52.2 Å².